The van der Waals surface area contributed by atoms with Crippen molar-refractivity contribution in [1.82, 2.24) is 0 Å². The standard InChI is InChI=1S/C29H34O3/c1-3-4-5-6-10-13-29(30)32-23(2)25-16-14-24(15-17-25)22-31-28-20-18-27(19-21-28)26-11-8-7-9-12-26/h7-9,11-12,14-21,23H,3-6,10,13,22H2,1-2H3. The van der Waals surface area contributed by atoms with E-state index in [-0.39, 0.29) is 12.1 Å². The van der Waals surface area contributed by atoms with Crippen molar-refractivity contribution in [2.45, 2.75) is 65.1 Å². The third-order valence-corrected chi connectivity index (χ3v) is 5.61. The summed E-state index contributed by atoms with van der Waals surface area (Å²) in [7, 11) is 0. The van der Waals surface area contributed by atoms with E-state index in [1.54, 1.807) is 0 Å². The van der Waals surface area contributed by atoms with Crippen LogP contribution in [0, 0.1) is 0 Å². The molecule has 3 rings (SSSR count). The lowest BCUT2D eigenvalue weighted by Gasteiger charge is -2.14. The van der Waals surface area contributed by atoms with Gasteiger partial charge in [0.1, 0.15) is 18.5 Å². The fraction of sp³-hybridized carbons (Fsp3) is 0.345. The lowest BCUT2D eigenvalue weighted by molar-refractivity contribution is -0.148. The lowest BCUT2D eigenvalue weighted by Crippen LogP contribution is -2.08. The molecule has 0 radical (unpaired) electrons. The highest BCUT2D eigenvalue weighted by Gasteiger charge is 2.11. The van der Waals surface area contributed by atoms with Crippen LogP contribution >= 0.6 is 0 Å². The molecule has 0 N–H and O–H groups in total. The van der Waals surface area contributed by atoms with Gasteiger partial charge in [-0.05, 0) is 47.7 Å². The van der Waals surface area contributed by atoms with Crippen LogP contribution in [0.4, 0.5) is 0 Å². The first-order valence-corrected chi connectivity index (χ1v) is 11.7. The molecule has 0 fully saturated rings. The Morgan fingerprint density at radius 3 is 2.12 bits per heavy atom. The molecule has 3 nitrogen and oxygen atoms in total. The van der Waals surface area contributed by atoms with Gasteiger partial charge in [-0.25, -0.2) is 0 Å². The van der Waals surface area contributed by atoms with E-state index in [2.05, 4.69) is 31.2 Å². The fourth-order valence-corrected chi connectivity index (χ4v) is 3.62. The van der Waals surface area contributed by atoms with Crippen molar-refractivity contribution < 1.29 is 14.3 Å². The highest BCUT2D eigenvalue weighted by atomic mass is 16.5. The summed E-state index contributed by atoms with van der Waals surface area (Å²) in [5.41, 5.74) is 4.45. The summed E-state index contributed by atoms with van der Waals surface area (Å²) in [5.74, 6) is 0.732. The first-order chi connectivity index (χ1) is 15.7. The second-order valence-corrected chi connectivity index (χ2v) is 8.22. The predicted octanol–water partition coefficient (Wildman–Crippen LogP) is 7.90. The molecule has 1 unspecified atom stereocenters. The number of benzene rings is 3. The number of ether oxygens (including phenoxy) is 2. The third kappa shape index (κ3) is 7.56. The summed E-state index contributed by atoms with van der Waals surface area (Å²) < 4.78 is 11.5. The van der Waals surface area contributed by atoms with E-state index in [0.717, 1.165) is 29.7 Å². The smallest absolute Gasteiger partial charge is 0.306 e. The Labute approximate surface area is 192 Å². The largest absolute Gasteiger partial charge is 0.489 e. The van der Waals surface area contributed by atoms with Gasteiger partial charge in [0, 0.05) is 6.42 Å². The maximum Gasteiger partial charge on any atom is 0.306 e. The number of carbonyl (C=O) groups is 1. The average molecular weight is 431 g/mol. The van der Waals surface area contributed by atoms with Crippen LogP contribution in [-0.2, 0) is 16.1 Å². The molecule has 1 atom stereocenters. The van der Waals surface area contributed by atoms with Crippen molar-refractivity contribution in [1.29, 1.82) is 0 Å². The molecule has 0 aliphatic rings. The Morgan fingerprint density at radius 1 is 0.781 bits per heavy atom. The van der Waals surface area contributed by atoms with Crippen molar-refractivity contribution in [3.8, 4) is 16.9 Å². The predicted molar refractivity (Wildman–Crippen MR) is 131 cm³/mol. The van der Waals surface area contributed by atoms with Crippen LogP contribution < -0.4 is 4.74 Å². The van der Waals surface area contributed by atoms with Crippen LogP contribution in [0.1, 0.15) is 69.6 Å². The van der Waals surface area contributed by atoms with Crippen LogP contribution in [-0.4, -0.2) is 5.97 Å². The van der Waals surface area contributed by atoms with Gasteiger partial charge in [-0.2, -0.15) is 0 Å². The van der Waals surface area contributed by atoms with E-state index in [1.165, 1.54) is 30.4 Å². The maximum atomic E-state index is 12.1. The van der Waals surface area contributed by atoms with Crippen molar-refractivity contribution in [2.24, 2.45) is 0 Å². The van der Waals surface area contributed by atoms with E-state index in [0.29, 0.717) is 13.0 Å². The highest BCUT2D eigenvalue weighted by molar-refractivity contribution is 5.69. The molecule has 0 spiro atoms. The Hall–Kier alpha value is -3.07. The van der Waals surface area contributed by atoms with E-state index >= 15 is 0 Å². The summed E-state index contributed by atoms with van der Waals surface area (Å²) in [5, 5.41) is 0. The van der Waals surface area contributed by atoms with Gasteiger partial charge in [-0.15, -0.1) is 0 Å². The molecule has 168 valence electrons. The van der Waals surface area contributed by atoms with E-state index in [4.69, 9.17) is 9.47 Å². The minimum absolute atomic E-state index is 0.111. The summed E-state index contributed by atoms with van der Waals surface area (Å²) >= 11 is 0. The monoisotopic (exact) mass is 430 g/mol. The summed E-state index contributed by atoms with van der Waals surface area (Å²) in [4.78, 5) is 12.1. The molecule has 0 aliphatic heterocycles. The number of carbonyl (C=O) groups excluding carboxylic acids is 1. The maximum absolute atomic E-state index is 12.1. The lowest BCUT2D eigenvalue weighted by atomic mass is 10.1. The van der Waals surface area contributed by atoms with Crippen molar-refractivity contribution in [3.05, 3.63) is 90.0 Å². The van der Waals surface area contributed by atoms with Gasteiger partial charge < -0.3 is 9.47 Å². The third-order valence-electron chi connectivity index (χ3n) is 5.61. The van der Waals surface area contributed by atoms with Gasteiger partial charge in [-0.3, -0.25) is 4.79 Å². The molecule has 0 aliphatic carbocycles. The van der Waals surface area contributed by atoms with Crippen LogP contribution in [0.2, 0.25) is 0 Å². The molecule has 0 bridgehead atoms. The zero-order valence-electron chi connectivity index (χ0n) is 19.3. The van der Waals surface area contributed by atoms with Crippen LogP contribution in [0.5, 0.6) is 5.75 Å². The van der Waals surface area contributed by atoms with Gasteiger partial charge in [-0.1, -0.05) is 99.3 Å². The highest BCUT2D eigenvalue weighted by Crippen LogP contribution is 2.23. The van der Waals surface area contributed by atoms with Crippen molar-refractivity contribution in [3.63, 3.8) is 0 Å². The molecule has 3 heteroatoms. The van der Waals surface area contributed by atoms with Gasteiger partial charge in [0.25, 0.3) is 0 Å². The second kappa shape index (κ2) is 12.7. The molecule has 3 aromatic carbocycles. The number of rotatable bonds is 12. The van der Waals surface area contributed by atoms with E-state index in [1.807, 2.05) is 61.5 Å². The van der Waals surface area contributed by atoms with E-state index in [9.17, 15) is 4.79 Å². The minimum atomic E-state index is -0.237. The first-order valence-electron chi connectivity index (χ1n) is 11.7. The minimum Gasteiger partial charge on any atom is -0.489 e. The molecule has 0 heterocycles. The number of hydrogen-bond donors (Lipinski definition) is 0. The van der Waals surface area contributed by atoms with Crippen LogP contribution in [0.3, 0.4) is 0 Å². The quantitative estimate of drug-likeness (QED) is 0.216. The number of esters is 1. The Bertz CT molecular complexity index is 930. The molecular weight excluding hydrogens is 396 g/mol. The Kier molecular flexibility index (Phi) is 9.37. The topological polar surface area (TPSA) is 35.5 Å². The summed E-state index contributed by atoms with van der Waals surface area (Å²) in [6, 6.07) is 26.5. The zero-order valence-corrected chi connectivity index (χ0v) is 19.3. The number of hydrogen-bond acceptors (Lipinski definition) is 3. The summed E-state index contributed by atoms with van der Waals surface area (Å²) in [6.45, 7) is 4.61. The number of unbranched alkanes of at least 4 members (excludes halogenated alkanes) is 4. The molecule has 0 aromatic heterocycles. The molecule has 0 amide bonds. The van der Waals surface area contributed by atoms with Crippen molar-refractivity contribution >= 4 is 5.97 Å². The molecular formula is C29H34O3. The Balaban J connectivity index is 1.43. The SMILES string of the molecule is CCCCCCCC(=O)OC(C)c1ccc(COc2ccc(-c3ccccc3)cc2)cc1. The normalized spacial score (nSPS) is 11.7. The van der Waals surface area contributed by atoms with E-state index < -0.39 is 0 Å². The van der Waals surface area contributed by atoms with Gasteiger partial charge in [0.05, 0.1) is 0 Å². The van der Waals surface area contributed by atoms with Gasteiger partial charge in [0.2, 0.25) is 0 Å². The van der Waals surface area contributed by atoms with Gasteiger partial charge >= 0.3 is 5.97 Å². The average Bonchev–Trinajstić information content (AvgIpc) is 2.84. The molecule has 0 saturated heterocycles. The molecule has 3 aromatic rings. The van der Waals surface area contributed by atoms with Crippen molar-refractivity contribution in [2.75, 3.05) is 0 Å². The molecule has 32 heavy (non-hydrogen) atoms. The second-order valence-electron chi connectivity index (χ2n) is 8.22. The van der Waals surface area contributed by atoms with Gasteiger partial charge in [0.15, 0.2) is 0 Å². The zero-order chi connectivity index (χ0) is 22.6. The first kappa shape index (κ1) is 23.6. The summed E-state index contributed by atoms with van der Waals surface area (Å²) in [6.07, 6.45) is 5.92. The Morgan fingerprint density at radius 2 is 1.44 bits per heavy atom. The fourth-order valence-electron chi connectivity index (χ4n) is 3.62. The van der Waals surface area contributed by atoms with Crippen LogP contribution in [0.15, 0.2) is 78.9 Å². The molecule has 0 saturated carbocycles. The van der Waals surface area contributed by atoms with Crippen LogP contribution in [0.25, 0.3) is 11.1 Å².